The van der Waals surface area contributed by atoms with Gasteiger partial charge in [0.05, 0.1) is 92.2 Å². The maximum absolute atomic E-state index is 15.7. The molecule has 4 aromatic carbocycles. The average Bonchev–Trinajstić information content (AvgIpc) is 3.25. The fourth-order valence-electron chi connectivity index (χ4n) is 6.43. The molecular formula is C44H52N2O14S. The smallest absolute Gasteiger partial charge is 0.305 e. The first-order valence-corrected chi connectivity index (χ1v) is 20.4. The molecule has 0 amide bonds. The zero-order valence-electron chi connectivity index (χ0n) is 35.3. The molecule has 0 aliphatic heterocycles. The van der Waals surface area contributed by atoms with Gasteiger partial charge in [0, 0.05) is 37.4 Å². The van der Waals surface area contributed by atoms with Crippen LogP contribution < -0.4 is 48.5 Å². The number of hydrogen-bond acceptors (Lipinski definition) is 14. The molecule has 0 fully saturated rings. The van der Waals surface area contributed by atoms with E-state index in [9.17, 15) is 19.8 Å². The van der Waals surface area contributed by atoms with E-state index in [0.29, 0.717) is 79.6 Å². The first-order chi connectivity index (χ1) is 29.3. The van der Waals surface area contributed by atoms with Gasteiger partial charge in [-0.2, -0.15) is 0 Å². The number of carbonyl (C=O) groups is 2. The number of aliphatic carboxylic acids is 2. The van der Waals surface area contributed by atoms with Crippen LogP contribution in [0, 0.1) is 0 Å². The molecule has 2 unspecified atom stereocenters. The molecule has 0 heterocycles. The summed E-state index contributed by atoms with van der Waals surface area (Å²) >= 11 is 0. The Morgan fingerprint density at radius 2 is 0.852 bits per heavy atom. The Hall–Kier alpha value is -6.75. The quantitative estimate of drug-likeness (QED) is 0.0552. The Morgan fingerprint density at radius 3 is 1.13 bits per heavy atom. The third-order valence-corrected chi connectivity index (χ3v) is 11.8. The van der Waals surface area contributed by atoms with Crippen molar-refractivity contribution in [2.24, 2.45) is 0 Å². The molecule has 0 aliphatic rings. The molecule has 16 nitrogen and oxygen atoms in total. The van der Waals surface area contributed by atoms with Crippen molar-refractivity contribution in [1.29, 1.82) is 0 Å². The summed E-state index contributed by atoms with van der Waals surface area (Å²) in [6.45, 7) is 0.0616. The number of methoxy groups -OCH3 is 8. The van der Waals surface area contributed by atoms with Crippen LogP contribution in [0.2, 0.25) is 0 Å². The second kappa shape index (κ2) is 22.0. The fraction of sp³-hybridized carbons (Fsp3) is 0.318. The lowest BCUT2D eigenvalue weighted by atomic mass is 10.1. The third-order valence-electron chi connectivity index (χ3n) is 9.50. The molecule has 0 bridgehead atoms. The number of nitrogens with one attached hydrogen (secondary N) is 2. The van der Waals surface area contributed by atoms with Crippen LogP contribution in [0.1, 0.15) is 45.6 Å². The number of sulfone groups is 1. The van der Waals surface area contributed by atoms with Gasteiger partial charge in [-0.05, 0) is 47.5 Å². The second-order valence-corrected chi connectivity index (χ2v) is 15.3. The third kappa shape index (κ3) is 11.7. The number of rotatable bonds is 24. The molecule has 2 atom stereocenters. The lowest BCUT2D eigenvalue weighted by molar-refractivity contribution is -0.137. The number of ether oxygens (including phenoxy) is 8. The minimum absolute atomic E-state index is 0.0308. The van der Waals surface area contributed by atoms with E-state index in [4.69, 9.17) is 37.9 Å². The Bertz CT molecular complexity index is 2120. The van der Waals surface area contributed by atoms with E-state index < -0.39 is 32.3 Å². The Balaban J connectivity index is 2.06. The highest BCUT2D eigenvalue weighted by Gasteiger charge is 2.35. The molecule has 0 radical (unpaired) electrons. The van der Waals surface area contributed by atoms with Crippen molar-refractivity contribution in [3.05, 3.63) is 95.1 Å². The number of benzene rings is 4. The highest BCUT2D eigenvalue weighted by atomic mass is 32.2. The van der Waals surface area contributed by atoms with Crippen molar-refractivity contribution >= 4 is 45.3 Å². The highest BCUT2D eigenvalue weighted by molar-refractivity contribution is 7.92. The Labute approximate surface area is 355 Å². The second-order valence-electron chi connectivity index (χ2n) is 13.1. The van der Waals surface area contributed by atoms with Gasteiger partial charge in [0.1, 0.15) is 56.5 Å². The monoisotopic (exact) mass is 864 g/mol. The number of carboxylic acids is 2. The molecule has 0 spiro atoms. The summed E-state index contributed by atoms with van der Waals surface area (Å²) in [4.78, 5) is 22.8. The van der Waals surface area contributed by atoms with Crippen molar-refractivity contribution in [2.75, 3.05) is 80.6 Å². The molecule has 4 rings (SSSR count). The number of anilines is 2. The summed E-state index contributed by atoms with van der Waals surface area (Å²) in [7, 11) is 7.28. The summed E-state index contributed by atoms with van der Waals surface area (Å²) in [6, 6.07) is 16.2. The van der Waals surface area contributed by atoms with Crippen molar-refractivity contribution in [1.82, 2.24) is 0 Å². The maximum atomic E-state index is 15.7. The molecule has 0 saturated heterocycles. The average molecular weight is 865 g/mol. The topological polar surface area (TPSA) is 207 Å². The molecule has 328 valence electrons. The minimum Gasteiger partial charge on any atom is -0.496 e. The predicted molar refractivity (Wildman–Crippen MR) is 232 cm³/mol. The summed E-state index contributed by atoms with van der Waals surface area (Å²) in [6.07, 6.45) is 5.77. The van der Waals surface area contributed by atoms with E-state index in [2.05, 4.69) is 10.6 Å². The predicted octanol–water partition coefficient (Wildman–Crippen LogP) is 7.15. The van der Waals surface area contributed by atoms with Gasteiger partial charge in [0.2, 0.25) is 0 Å². The van der Waals surface area contributed by atoms with Gasteiger partial charge in [0.25, 0.3) is 0 Å². The van der Waals surface area contributed by atoms with Gasteiger partial charge in [0.15, 0.2) is 9.84 Å². The van der Waals surface area contributed by atoms with E-state index >= 15 is 8.42 Å². The van der Waals surface area contributed by atoms with Gasteiger partial charge >= 0.3 is 11.9 Å². The first-order valence-electron chi connectivity index (χ1n) is 18.7. The zero-order chi connectivity index (χ0) is 44.7. The van der Waals surface area contributed by atoms with E-state index in [-0.39, 0.29) is 25.9 Å². The standard InChI is InChI=1S/C44H52N2O14S/c1-53-29-23-37(57-5)31(38(24-29)58-6)11-15-41(27-9-13-35(55-3)33(21-27)45-19-17-43(47)48)61(51,52)42(16-12-32-39(59-7)25-30(54-2)26-40(32)60-8)28-10-14-36(56-4)34(22-28)46-20-18-44(49)50/h9-16,21-26,41-42,45-46H,17-20H2,1-8H3,(H,47,48)(H,49,50)/b15-11+,16-12+. The molecule has 61 heavy (non-hydrogen) atoms. The molecule has 4 aromatic rings. The molecular weight excluding hydrogens is 813 g/mol. The zero-order valence-corrected chi connectivity index (χ0v) is 36.1. The van der Waals surface area contributed by atoms with Gasteiger partial charge in [-0.15, -0.1) is 0 Å². The lowest BCUT2D eigenvalue weighted by Crippen LogP contribution is -2.20. The first kappa shape index (κ1) is 46.9. The summed E-state index contributed by atoms with van der Waals surface area (Å²) < 4.78 is 76.1. The van der Waals surface area contributed by atoms with Crippen LogP contribution in [0.3, 0.4) is 0 Å². The van der Waals surface area contributed by atoms with E-state index in [1.807, 2.05) is 0 Å². The molecule has 0 aliphatic carbocycles. The van der Waals surface area contributed by atoms with Gasteiger partial charge in [-0.1, -0.05) is 24.3 Å². The van der Waals surface area contributed by atoms with Crippen LogP contribution >= 0.6 is 0 Å². The number of hydrogen-bond donors (Lipinski definition) is 4. The minimum atomic E-state index is -4.47. The van der Waals surface area contributed by atoms with Crippen molar-refractivity contribution in [3.63, 3.8) is 0 Å². The summed E-state index contributed by atoms with van der Waals surface area (Å²) in [5.41, 5.74) is 2.18. The summed E-state index contributed by atoms with van der Waals surface area (Å²) in [5.74, 6) is 0.939. The van der Waals surface area contributed by atoms with Gasteiger partial charge in [-0.3, -0.25) is 9.59 Å². The van der Waals surface area contributed by atoms with Crippen LogP contribution in [-0.4, -0.2) is 101 Å². The maximum Gasteiger partial charge on any atom is 0.305 e. The number of carboxylic acid groups (broad SMARTS) is 2. The van der Waals surface area contributed by atoms with Crippen LogP contribution in [0.5, 0.6) is 46.0 Å². The highest BCUT2D eigenvalue weighted by Crippen LogP contribution is 2.44. The van der Waals surface area contributed by atoms with Crippen LogP contribution in [0.4, 0.5) is 11.4 Å². The van der Waals surface area contributed by atoms with Crippen LogP contribution in [-0.2, 0) is 19.4 Å². The van der Waals surface area contributed by atoms with E-state index in [0.717, 1.165) is 0 Å². The SMILES string of the molecule is COc1cc(OC)c(/C=C/C(c2ccc(OC)c(NCCC(=O)O)c2)S(=O)(=O)C(/C=C/c2c(OC)cc(OC)cc2OC)c2ccc(OC)c(NCCC(=O)O)c2)c(OC)c1. The normalized spacial score (nSPS) is 12.3. The van der Waals surface area contributed by atoms with Crippen molar-refractivity contribution in [3.8, 4) is 46.0 Å². The summed E-state index contributed by atoms with van der Waals surface area (Å²) in [5, 5.41) is 22.0. The fourth-order valence-corrected chi connectivity index (χ4v) is 8.39. The largest absolute Gasteiger partial charge is 0.496 e. The molecule has 0 aromatic heterocycles. The van der Waals surface area contributed by atoms with E-state index in [1.54, 1.807) is 72.8 Å². The Morgan fingerprint density at radius 1 is 0.525 bits per heavy atom. The van der Waals surface area contributed by atoms with Crippen LogP contribution in [0.25, 0.3) is 12.2 Å². The van der Waals surface area contributed by atoms with Crippen LogP contribution in [0.15, 0.2) is 72.8 Å². The molecule has 0 saturated carbocycles. The van der Waals surface area contributed by atoms with Gasteiger partial charge < -0.3 is 58.7 Å². The van der Waals surface area contributed by atoms with Crippen molar-refractivity contribution < 1.29 is 66.1 Å². The molecule has 17 heteroatoms. The molecule has 4 N–H and O–H groups in total. The van der Waals surface area contributed by atoms with Crippen molar-refractivity contribution in [2.45, 2.75) is 23.3 Å². The Kier molecular flexibility index (Phi) is 16.9. The lowest BCUT2D eigenvalue weighted by Gasteiger charge is -2.24. The van der Waals surface area contributed by atoms with E-state index in [1.165, 1.54) is 69.0 Å². The van der Waals surface area contributed by atoms with Gasteiger partial charge in [-0.25, -0.2) is 8.42 Å².